The number of methoxy groups -OCH3 is 1. The van der Waals surface area contributed by atoms with E-state index in [1.165, 1.54) is 16.4 Å². The smallest absolute Gasteiger partial charge is 0.253 e. The Kier molecular flexibility index (Phi) is 6.24. The topological polar surface area (TPSA) is 94.9 Å². The predicted octanol–water partition coefficient (Wildman–Crippen LogP) is 1.62. The minimum Gasteiger partial charge on any atom is -0.490 e. The quantitative estimate of drug-likeness (QED) is 0.687. The number of carbonyl (C=O) groups excluding carboxylic acids is 2. The van der Waals surface area contributed by atoms with Crippen molar-refractivity contribution in [3.05, 3.63) is 42.2 Å². The van der Waals surface area contributed by atoms with Gasteiger partial charge in [-0.2, -0.15) is 5.10 Å². The summed E-state index contributed by atoms with van der Waals surface area (Å²) in [6.45, 7) is 4.01. The van der Waals surface area contributed by atoms with E-state index >= 15 is 0 Å². The Labute approximate surface area is 181 Å². The maximum atomic E-state index is 12.6. The zero-order chi connectivity index (χ0) is 21.8. The molecule has 0 aliphatic carbocycles. The highest BCUT2D eigenvalue weighted by Gasteiger charge is 2.46. The number of likely N-dealkylation sites (tertiary alicyclic amines) is 1. The highest BCUT2D eigenvalue weighted by atomic mass is 16.5. The van der Waals surface area contributed by atoms with E-state index in [-0.39, 0.29) is 18.4 Å². The van der Waals surface area contributed by atoms with Gasteiger partial charge in [0.05, 0.1) is 25.0 Å². The summed E-state index contributed by atoms with van der Waals surface area (Å²) in [7, 11) is 1.64. The number of amides is 2. The molecule has 2 aliphatic heterocycles. The molecule has 0 saturated carbocycles. The third kappa shape index (κ3) is 5.05. The minimum atomic E-state index is -0.509. The molecule has 1 aromatic heterocycles. The van der Waals surface area contributed by atoms with Gasteiger partial charge >= 0.3 is 0 Å². The van der Waals surface area contributed by atoms with Gasteiger partial charge in [0.15, 0.2) is 0 Å². The van der Waals surface area contributed by atoms with Gasteiger partial charge in [-0.1, -0.05) is 17.7 Å². The highest BCUT2D eigenvalue weighted by molar-refractivity contribution is 5.94. The molecule has 4 rings (SSSR count). The van der Waals surface area contributed by atoms with Gasteiger partial charge in [-0.15, -0.1) is 0 Å². The Hall–Kier alpha value is -2.91. The second-order valence-electron chi connectivity index (χ2n) is 8.16. The molecule has 2 fully saturated rings. The van der Waals surface area contributed by atoms with E-state index in [1.807, 2.05) is 31.2 Å². The molecule has 0 bridgehead atoms. The number of rotatable bonds is 8. The van der Waals surface area contributed by atoms with Crippen molar-refractivity contribution >= 4 is 17.5 Å². The summed E-state index contributed by atoms with van der Waals surface area (Å²) in [4.78, 5) is 26.4. The van der Waals surface area contributed by atoms with Gasteiger partial charge in [-0.3, -0.25) is 14.3 Å². The third-order valence-electron chi connectivity index (χ3n) is 5.69. The van der Waals surface area contributed by atoms with E-state index in [0.29, 0.717) is 32.0 Å². The molecule has 1 atom stereocenters. The number of aryl methyl sites for hydroxylation is 1. The van der Waals surface area contributed by atoms with Crippen molar-refractivity contribution in [2.75, 3.05) is 38.7 Å². The first kappa shape index (κ1) is 21.3. The van der Waals surface area contributed by atoms with E-state index in [4.69, 9.17) is 14.2 Å². The predicted molar refractivity (Wildman–Crippen MR) is 113 cm³/mol. The SMILES string of the molecule is COC1(COc2ccc(C)cc2)CN(C(=O)Cn2cc(NC(=O)C3CCCO3)cn2)C1. The molecule has 1 unspecified atom stereocenters. The fourth-order valence-corrected chi connectivity index (χ4v) is 3.71. The second kappa shape index (κ2) is 9.07. The van der Waals surface area contributed by atoms with Gasteiger partial charge in [-0.05, 0) is 31.9 Å². The van der Waals surface area contributed by atoms with Crippen molar-refractivity contribution in [3.8, 4) is 5.75 Å². The number of benzene rings is 1. The molecule has 9 heteroatoms. The summed E-state index contributed by atoms with van der Waals surface area (Å²) >= 11 is 0. The summed E-state index contributed by atoms with van der Waals surface area (Å²) in [5.74, 6) is 0.536. The van der Waals surface area contributed by atoms with Gasteiger partial charge in [-0.25, -0.2) is 0 Å². The van der Waals surface area contributed by atoms with Gasteiger partial charge in [0, 0.05) is 19.9 Å². The first-order valence-corrected chi connectivity index (χ1v) is 10.4. The molecule has 0 radical (unpaired) electrons. The number of ether oxygens (including phenoxy) is 3. The largest absolute Gasteiger partial charge is 0.490 e. The summed E-state index contributed by atoms with van der Waals surface area (Å²) in [6, 6.07) is 7.83. The molecule has 2 saturated heterocycles. The normalized spacial score (nSPS) is 19.7. The van der Waals surface area contributed by atoms with E-state index in [9.17, 15) is 9.59 Å². The molecule has 31 heavy (non-hydrogen) atoms. The Bertz CT molecular complexity index is 914. The molecular weight excluding hydrogens is 400 g/mol. The average molecular weight is 428 g/mol. The second-order valence-corrected chi connectivity index (χ2v) is 8.16. The van der Waals surface area contributed by atoms with E-state index in [2.05, 4.69) is 10.4 Å². The van der Waals surface area contributed by atoms with E-state index in [1.54, 1.807) is 18.2 Å². The van der Waals surface area contributed by atoms with Crippen LogP contribution in [0.1, 0.15) is 18.4 Å². The van der Waals surface area contributed by atoms with Crippen LogP contribution in [0.2, 0.25) is 0 Å². The Balaban J connectivity index is 1.24. The fourth-order valence-electron chi connectivity index (χ4n) is 3.71. The highest BCUT2D eigenvalue weighted by Crippen LogP contribution is 2.26. The molecule has 2 aromatic rings. The summed E-state index contributed by atoms with van der Waals surface area (Å²) in [5, 5.41) is 6.96. The lowest BCUT2D eigenvalue weighted by Crippen LogP contribution is -2.67. The molecule has 3 heterocycles. The summed E-state index contributed by atoms with van der Waals surface area (Å²) < 4.78 is 18.4. The first-order chi connectivity index (χ1) is 15.0. The Morgan fingerprint density at radius 2 is 2.06 bits per heavy atom. The number of aromatic nitrogens is 2. The van der Waals surface area contributed by atoms with E-state index < -0.39 is 11.7 Å². The lowest BCUT2D eigenvalue weighted by molar-refractivity contribution is -0.169. The van der Waals surface area contributed by atoms with Crippen LogP contribution < -0.4 is 10.1 Å². The van der Waals surface area contributed by atoms with Gasteiger partial charge in [0.2, 0.25) is 5.91 Å². The van der Waals surface area contributed by atoms with Crippen LogP contribution in [0.15, 0.2) is 36.7 Å². The molecule has 2 amide bonds. The van der Waals surface area contributed by atoms with Crippen LogP contribution >= 0.6 is 0 Å². The number of carbonyl (C=O) groups is 2. The lowest BCUT2D eigenvalue weighted by Gasteiger charge is -2.48. The molecule has 166 valence electrons. The van der Waals surface area contributed by atoms with Crippen LogP contribution in [0.5, 0.6) is 5.75 Å². The van der Waals surface area contributed by atoms with Gasteiger partial charge < -0.3 is 24.4 Å². The van der Waals surface area contributed by atoms with Crippen LogP contribution in [0, 0.1) is 6.92 Å². The maximum absolute atomic E-state index is 12.6. The Morgan fingerprint density at radius 1 is 1.29 bits per heavy atom. The van der Waals surface area contributed by atoms with Crippen molar-refractivity contribution < 1.29 is 23.8 Å². The number of hydrogen-bond acceptors (Lipinski definition) is 6. The number of anilines is 1. The number of nitrogens with one attached hydrogen (secondary N) is 1. The average Bonchev–Trinajstić information content (AvgIpc) is 3.41. The monoisotopic (exact) mass is 428 g/mol. The zero-order valence-electron chi connectivity index (χ0n) is 17.9. The van der Waals surface area contributed by atoms with Crippen LogP contribution in [-0.4, -0.2) is 71.6 Å². The van der Waals surface area contributed by atoms with Crippen LogP contribution in [0.3, 0.4) is 0 Å². The molecular formula is C22H28N4O5. The van der Waals surface area contributed by atoms with Crippen molar-refractivity contribution in [2.45, 2.75) is 38.0 Å². The molecule has 1 N–H and O–H groups in total. The zero-order valence-corrected chi connectivity index (χ0v) is 17.9. The Morgan fingerprint density at radius 3 is 2.74 bits per heavy atom. The van der Waals surface area contributed by atoms with Crippen molar-refractivity contribution in [1.82, 2.24) is 14.7 Å². The van der Waals surface area contributed by atoms with Crippen molar-refractivity contribution in [2.24, 2.45) is 0 Å². The standard InChI is InChI=1S/C22H28N4O5/c1-16-5-7-18(8-6-16)31-15-22(29-2)13-25(14-22)20(27)12-26-11-17(10-23-26)24-21(28)19-4-3-9-30-19/h5-8,10-11,19H,3-4,9,12-15H2,1-2H3,(H,24,28). The molecule has 2 aliphatic rings. The van der Waals surface area contributed by atoms with Gasteiger partial charge in [0.1, 0.15) is 30.6 Å². The minimum absolute atomic E-state index is 0.0666. The number of hydrogen-bond donors (Lipinski definition) is 1. The molecule has 9 nitrogen and oxygen atoms in total. The molecule has 0 spiro atoms. The summed E-state index contributed by atoms with van der Waals surface area (Å²) in [5.41, 5.74) is 1.21. The number of nitrogens with zero attached hydrogens (tertiary/aromatic N) is 3. The lowest BCUT2D eigenvalue weighted by atomic mass is 9.94. The van der Waals surface area contributed by atoms with Crippen LogP contribution in [0.25, 0.3) is 0 Å². The van der Waals surface area contributed by atoms with E-state index in [0.717, 1.165) is 18.6 Å². The van der Waals surface area contributed by atoms with Crippen molar-refractivity contribution in [3.63, 3.8) is 0 Å². The fraction of sp³-hybridized carbons (Fsp3) is 0.500. The third-order valence-corrected chi connectivity index (χ3v) is 5.69. The van der Waals surface area contributed by atoms with Gasteiger partial charge in [0.25, 0.3) is 5.91 Å². The van der Waals surface area contributed by atoms with Crippen molar-refractivity contribution in [1.29, 1.82) is 0 Å². The summed E-state index contributed by atoms with van der Waals surface area (Å²) in [6.07, 6.45) is 4.39. The first-order valence-electron chi connectivity index (χ1n) is 10.4. The van der Waals surface area contributed by atoms with Crippen LogP contribution in [0.4, 0.5) is 5.69 Å². The molecule has 1 aromatic carbocycles. The maximum Gasteiger partial charge on any atom is 0.253 e. The van der Waals surface area contributed by atoms with Crippen LogP contribution in [-0.2, 0) is 25.6 Å².